The van der Waals surface area contributed by atoms with Crippen molar-refractivity contribution in [3.8, 4) is 0 Å². The Bertz CT molecular complexity index is 864. The number of benzene rings is 2. The van der Waals surface area contributed by atoms with E-state index in [1.807, 2.05) is 31.2 Å². The molecule has 28 heavy (non-hydrogen) atoms. The molecule has 1 N–H and O–H groups in total. The van der Waals surface area contributed by atoms with Crippen molar-refractivity contribution in [1.29, 1.82) is 0 Å². The first-order valence-corrected chi connectivity index (χ1v) is 9.97. The fourth-order valence-corrected chi connectivity index (χ4v) is 3.69. The first-order chi connectivity index (χ1) is 13.4. The maximum absolute atomic E-state index is 12.7. The van der Waals surface area contributed by atoms with Gasteiger partial charge < -0.3 is 10.2 Å². The van der Waals surface area contributed by atoms with Gasteiger partial charge in [0.15, 0.2) is 0 Å². The van der Waals surface area contributed by atoms with Crippen LogP contribution < -0.4 is 5.32 Å². The Morgan fingerprint density at radius 2 is 1.75 bits per heavy atom. The zero-order chi connectivity index (χ0) is 20.1. The molecule has 7 heteroatoms. The standard InChI is InChI=1S/C21H23Cl2N3O2/c1-15-4-2-3-5-16(15)13-24-20(27)14-25-8-10-26(11-9-25)21(28)18-7-6-17(22)12-19(18)23/h2-7,12H,8-11,13-14H2,1H3,(H,24,27). The molecule has 148 valence electrons. The number of piperazine rings is 1. The van der Waals surface area contributed by atoms with Crippen molar-refractivity contribution in [2.75, 3.05) is 32.7 Å². The van der Waals surface area contributed by atoms with Gasteiger partial charge in [0.1, 0.15) is 0 Å². The Hall–Kier alpha value is -2.08. The van der Waals surface area contributed by atoms with Gasteiger partial charge in [0, 0.05) is 37.7 Å². The topological polar surface area (TPSA) is 52.7 Å². The van der Waals surface area contributed by atoms with Crippen LogP contribution in [0.15, 0.2) is 42.5 Å². The molecule has 1 fully saturated rings. The molecule has 1 aliphatic heterocycles. The first kappa shape index (κ1) is 20.6. The second kappa shape index (κ2) is 9.41. The molecule has 0 atom stereocenters. The van der Waals surface area contributed by atoms with E-state index in [1.54, 1.807) is 23.1 Å². The number of rotatable bonds is 5. The highest BCUT2D eigenvalue weighted by molar-refractivity contribution is 6.36. The largest absolute Gasteiger partial charge is 0.351 e. The van der Waals surface area contributed by atoms with Gasteiger partial charge in [0.05, 0.1) is 17.1 Å². The molecule has 2 amide bonds. The second-order valence-corrected chi connectivity index (χ2v) is 7.74. The Balaban J connectivity index is 1.46. The van der Waals surface area contributed by atoms with Gasteiger partial charge in [-0.05, 0) is 36.2 Å². The minimum atomic E-state index is -0.106. The van der Waals surface area contributed by atoms with Crippen LogP contribution in [-0.4, -0.2) is 54.3 Å². The van der Waals surface area contributed by atoms with Crippen molar-refractivity contribution in [1.82, 2.24) is 15.1 Å². The van der Waals surface area contributed by atoms with Gasteiger partial charge in [-0.2, -0.15) is 0 Å². The zero-order valence-corrected chi connectivity index (χ0v) is 17.3. The van der Waals surface area contributed by atoms with Crippen molar-refractivity contribution in [3.05, 3.63) is 69.2 Å². The predicted molar refractivity (Wildman–Crippen MR) is 112 cm³/mol. The molecule has 3 rings (SSSR count). The summed E-state index contributed by atoms with van der Waals surface area (Å²) in [4.78, 5) is 28.7. The van der Waals surface area contributed by atoms with Gasteiger partial charge in [0.25, 0.3) is 5.91 Å². The van der Waals surface area contributed by atoms with E-state index in [4.69, 9.17) is 23.2 Å². The van der Waals surface area contributed by atoms with E-state index >= 15 is 0 Å². The van der Waals surface area contributed by atoms with E-state index in [-0.39, 0.29) is 11.8 Å². The molecule has 0 saturated carbocycles. The molecule has 1 aliphatic rings. The van der Waals surface area contributed by atoms with E-state index in [1.165, 1.54) is 0 Å². The molecule has 0 aromatic heterocycles. The van der Waals surface area contributed by atoms with Gasteiger partial charge in [-0.1, -0.05) is 47.5 Å². The van der Waals surface area contributed by atoms with Crippen LogP contribution in [0, 0.1) is 6.92 Å². The van der Waals surface area contributed by atoms with Crippen molar-refractivity contribution in [3.63, 3.8) is 0 Å². The summed E-state index contributed by atoms with van der Waals surface area (Å²) in [5.74, 6) is -0.117. The van der Waals surface area contributed by atoms with Gasteiger partial charge in [-0.3, -0.25) is 14.5 Å². The normalized spacial score (nSPS) is 14.8. The van der Waals surface area contributed by atoms with Crippen LogP contribution >= 0.6 is 23.2 Å². The number of hydrogen-bond acceptors (Lipinski definition) is 3. The number of halogens is 2. The van der Waals surface area contributed by atoms with Crippen LogP contribution in [0.25, 0.3) is 0 Å². The molecule has 0 aliphatic carbocycles. The fourth-order valence-electron chi connectivity index (χ4n) is 3.20. The highest BCUT2D eigenvalue weighted by Gasteiger charge is 2.24. The monoisotopic (exact) mass is 419 g/mol. The Kier molecular flexibility index (Phi) is 6.94. The molecule has 0 radical (unpaired) electrons. The summed E-state index contributed by atoms with van der Waals surface area (Å²) in [5.41, 5.74) is 2.73. The predicted octanol–water partition coefficient (Wildman–Crippen LogP) is 3.38. The SMILES string of the molecule is Cc1ccccc1CNC(=O)CN1CCN(C(=O)c2ccc(Cl)cc2Cl)CC1. The van der Waals surface area contributed by atoms with Crippen LogP contribution in [0.1, 0.15) is 21.5 Å². The first-order valence-electron chi connectivity index (χ1n) is 9.22. The quantitative estimate of drug-likeness (QED) is 0.807. The molecule has 1 heterocycles. The van der Waals surface area contributed by atoms with E-state index in [0.717, 1.165) is 11.1 Å². The van der Waals surface area contributed by atoms with E-state index in [0.29, 0.717) is 54.9 Å². The molecule has 0 spiro atoms. The lowest BCUT2D eigenvalue weighted by molar-refractivity contribution is -0.122. The zero-order valence-electron chi connectivity index (χ0n) is 15.8. The van der Waals surface area contributed by atoms with Crippen LogP contribution in [0.5, 0.6) is 0 Å². The number of carbonyl (C=O) groups is 2. The molecule has 2 aromatic carbocycles. The van der Waals surface area contributed by atoms with Crippen LogP contribution in [-0.2, 0) is 11.3 Å². The van der Waals surface area contributed by atoms with Crippen molar-refractivity contribution in [2.24, 2.45) is 0 Å². The molecule has 0 bridgehead atoms. The third-order valence-corrected chi connectivity index (χ3v) is 5.47. The average molecular weight is 420 g/mol. The lowest BCUT2D eigenvalue weighted by atomic mass is 10.1. The van der Waals surface area contributed by atoms with Crippen molar-refractivity contribution >= 4 is 35.0 Å². The molecule has 2 aromatic rings. The highest BCUT2D eigenvalue weighted by atomic mass is 35.5. The summed E-state index contributed by atoms with van der Waals surface area (Å²) < 4.78 is 0. The summed E-state index contributed by atoms with van der Waals surface area (Å²) in [6.07, 6.45) is 0. The van der Waals surface area contributed by atoms with Gasteiger partial charge in [0.2, 0.25) is 5.91 Å². The fraction of sp³-hybridized carbons (Fsp3) is 0.333. The number of amides is 2. The summed E-state index contributed by atoms with van der Waals surface area (Å²) in [6.45, 7) is 5.30. The van der Waals surface area contributed by atoms with Crippen LogP contribution in [0.2, 0.25) is 10.0 Å². The molecular weight excluding hydrogens is 397 g/mol. The number of nitrogens with one attached hydrogen (secondary N) is 1. The van der Waals surface area contributed by atoms with Gasteiger partial charge in [-0.15, -0.1) is 0 Å². The lowest BCUT2D eigenvalue weighted by Gasteiger charge is -2.34. The minimum Gasteiger partial charge on any atom is -0.351 e. The van der Waals surface area contributed by atoms with Gasteiger partial charge >= 0.3 is 0 Å². The minimum absolute atomic E-state index is 0.0104. The molecule has 0 unspecified atom stereocenters. The van der Waals surface area contributed by atoms with E-state index in [9.17, 15) is 9.59 Å². The van der Waals surface area contributed by atoms with E-state index < -0.39 is 0 Å². The highest BCUT2D eigenvalue weighted by Crippen LogP contribution is 2.22. The van der Waals surface area contributed by atoms with Crippen molar-refractivity contribution in [2.45, 2.75) is 13.5 Å². The second-order valence-electron chi connectivity index (χ2n) is 6.90. The van der Waals surface area contributed by atoms with Gasteiger partial charge in [-0.25, -0.2) is 0 Å². The maximum Gasteiger partial charge on any atom is 0.255 e. The molecular formula is C21H23Cl2N3O2. The summed E-state index contributed by atoms with van der Waals surface area (Å²) >= 11 is 12.0. The van der Waals surface area contributed by atoms with E-state index in [2.05, 4.69) is 10.2 Å². The Labute approximate surface area is 175 Å². The smallest absolute Gasteiger partial charge is 0.255 e. The third kappa shape index (κ3) is 5.25. The van der Waals surface area contributed by atoms with Crippen LogP contribution in [0.4, 0.5) is 0 Å². The average Bonchev–Trinajstić information content (AvgIpc) is 2.67. The summed E-state index contributed by atoms with van der Waals surface area (Å²) in [5, 5.41) is 3.83. The number of nitrogens with zero attached hydrogens (tertiary/aromatic N) is 2. The molecule has 5 nitrogen and oxygen atoms in total. The third-order valence-electron chi connectivity index (χ3n) is 4.93. The summed E-state index contributed by atoms with van der Waals surface area (Å²) in [6, 6.07) is 12.9. The maximum atomic E-state index is 12.7. The number of aryl methyl sites for hydroxylation is 1. The lowest BCUT2D eigenvalue weighted by Crippen LogP contribution is -2.51. The Morgan fingerprint density at radius 1 is 1.04 bits per heavy atom. The van der Waals surface area contributed by atoms with Crippen molar-refractivity contribution < 1.29 is 9.59 Å². The summed E-state index contributed by atoms with van der Waals surface area (Å²) in [7, 11) is 0. The number of carbonyl (C=O) groups excluding carboxylic acids is 2. The Morgan fingerprint density at radius 3 is 2.43 bits per heavy atom. The van der Waals surface area contributed by atoms with Crippen LogP contribution in [0.3, 0.4) is 0 Å². The number of hydrogen-bond donors (Lipinski definition) is 1. The molecule has 1 saturated heterocycles.